The van der Waals surface area contributed by atoms with Crippen molar-refractivity contribution < 1.29 is 9.47 Å². The summed E-state index contributed by atoms with van der Waals surface area (Å²) in [6, 6.07) is 3.71. The van der Waals surface area contributed by atoms with Crippen LogP contribution in [0.15, 0.2) is 18.3 Å². The van der Waals surface area contributed by atoms with Crippen LogP contribution in [-0.2, 0) is 0 Å². The Kier molecular flexibility index (Phi) is 5.64. The van der Waals surface area contributed by atoms with Gasteiger partial charge in [0.1, 0.15) is 6.61 Å². The second kappa shape index (κ2) is 7.06. The van der Waals surface area contributed by atoms with Gasteiger partial charge in [0.2, 0.25) is 0 Å². The van der Waals surface area contributed by atoms with Gasteiger partial charge < -0.3 is 14.8 Å². The van der Waals surface area contributed by atoms with Gasteiger partial charge in [0.05, 0.1) is 6.10 Å². The van der Waals surface area contributed by atoms with Gasteiger partial charge in [0.25, 0.3) is 5.88 Å². The molecule has 0 aliphatic carbocycles. The summed E-state index contributed by atoms with van der Waals surface area (Å²) in [5, 5.41) is 3.19. The molecule has 0 atom stereocenters. The first-order chi connectivity index (χ1) is 7.74. The Labute approximate surface area is 97.0 Å². The zero-order valence-electron chi connectivity index (χ0n) is 10.2. The van der Waals surface area contributed by atoms with Gasteiger partial charge in [-0.3, -0.25) is 0 Å². The van der Waals surface area contributed by atoms with E-state index in [1.807, 2.05) is 26.0 Å². The van der Waals surface area contributed by atoms with E-state index in [9.17, 15) is 0 Å². The van der Waals surface area contributed by atoms with Gasteiger partial charge in [-0.2, -0.15) is 0 Å². The lowest BCUT2D eigenvalue weighted by molar-refractivity contribution is 0.216. The van der Waals surface area contributed by atoms with Crippen molar-refractivity contribution in [2.45, 2.75) is 26.9 Å². The van der Waals surface area contributed by atoms with Crippen molar-refractivity contribution in [2.24, 2.45) is 0 Å². The molecule has 0 spiro atoms. The first-order valence-corrected chi connectivity index (χ1v) is 5.69. The van der Waals surface area contributed by atoms with Gasteiger partial charge in [-0.05, 0) is 32.5 Å². The standard InChI is InChI=1S/C12H20N2O2/c1-4-13-8-9-15-12-11(16-10(2)3)6-5-7-14-12/h5-7,10,13H,4,8-9H2,1-3H3. The van der Waals surface area contributed by atoms with Crippen LogP contribution < -0.4 is 14.8 Å². The molecule has 0 saturated carbocycles. The Bertz CT molecular complexity index is 303. The van der Waals surface area contributed by atoms with Crippen molar-refractivity contribution >= 4 is 0 Å². The second-order valence-corrected chi connectivity index (χ2v) is 3.68. The molecule has 0 aromatic carbocycles. The van der Waals surface area contributed by atoms with Crippen molar-refractivity contribution in [1.82, 2.24) is 10.3 Å². The van der Waals surface area contributed by atoms with Crippen LogP contribution in [-0.4, -0.2) is 30.8 Å². The van der Waals surface area contributed by atoms with Crippen molar-refractivity contribution in [1.29, 1.82) is 0 Å². The number of hydrogen-bond donors (Lipinski definition) is 1. The molecule has 90 valence electrons. The van der Waals surface area contributed by atoms with Crippen LogP contribution in [0.1, 0.15) is 20.8 Å². The van der Waals surface area contributed by atoms with Crippen molar-refractivity contribution in [2.75, 3.05) is 19.7 Å². The van der Waals surface area contributed by atoms with E-state index in [1.54, 1.807) is 6.20 Å². The van der Waals surface area contributed by atoms with E-state index < -0.39 is 0 Å². The summed E-state index contributed by atoms with van der Waals surface area (Å²) in [5.74, 6) is 1.27. The highest BCUT2D eigenvalue weighted by Crippen LogP contribution is 2.24. The fourth-order valence-corrected chi connectivity index (χ4v) is 1.22. The van der Waals surface area contributed by atoms with E-state index in [2.05, 4.69) is 17.2 Å². The Morgan fingerprint density at radius 2 is 2.25 bits per heavy atom. The molecular formula is C12H20N2O2. The lowest BCUT2D eigenvalue weighted by Crippen LogP contribution is -2.20. The number of ether oxygens (including phenoxy) is 2. The highest BCUT2D eigenvalue weighted by atomic mass is 16.5. The van der Waals surface area contributed by atoms with Gasteiger partial charge in [-0.25, -0.2) is 4.98 Å². The maximum absolute atomic E-state index is 5.59. The summed E-state index contributed by atoms with van der Waals surface area (Å²) in [5.41, 5.74) is 0. The molecule has 0 aliphatic heterocycles. The van der Waals surface area contributed by atoms with Crippen LogP contribution in [0.25, 0.3) is 0 Å². The lowest BCUT2D eigenvalue weighted by Gasteiger charge is -2.13. The Hall–Kier alpha value is -1.29. The molecule has 4 nitrogen and oxygen atoms in total. The predicted molar refractivity (Wildman–Crippen MR) is 64.0 cm³/mol. The molecule has 0 radical (unpaired) electrons. The highest BCUT2D eigenvalue weighted by molar-refractivity contribution is 5.32. The molecule has 1 heterocycles. The minimum atomic E-state index is 0.125. The monoisotopic (exact) mass is 224 g/mol. The lowest BCUT2D eigenvalue weighted by atomic mass is 10.4. The Morgan fingerprint density at radius 3 is 2.94 bits per heavy atom. The topological polar surface area (TPSA) is 43.4 Å². The van der Waals surface area contributed by atoms with Crippen molar-refractivity contribution in [3.63, 3.8) is 0 Å². The molecule has 0 bridgehead atoms. The first kappa shape index (κ1) is 12.8. The Morgan fingerprint density at radius 1 is 1.44 bits per heavy atom. The third kappa shape index (κ3) is 4.49. The number of aromatic nitrogens is 1. The molecule has 1 rings (SSSR count). The molecule has 1 aromatic rings. The van der Waals surface area contributed by atoms with E-state index in [4.69, 9.17) is 9.47 Å². The molecular weight excluding hydrogens is 204 g/mol. The maximum atomic E-state index is 5.59. The quantitative estimate of drug-likeness (QED) is 0.718. The second-order valence-electron chi connectivity index (χ2n) is 3.68. The average molecular weight is 224 g/mol. The third-order valence-corrected chi connectivity index (χ3v) is 1.87. The predicted octanol–water partition coefficient (Wildman–Crippen LogP) is 1.86. The zero-order chi connectivity index (χ0) is 11.8. The van der Waals surface area contributed by atoms with Crippen LogP contribution in [0.4, 0.5) is 0 Å². The molecule has 0 saturated heterocycles. The Balaban J connectivity index is 2.50. The summed E-state index contributed by atoms with van der Waals surface area (Å²) < 4.78 is 11.1. The molecule has 0 aliphatic rings. The smallest absolute Gasteiger partial charge is 0.257 e. The largest absolute Gasteiger partial charge is 0.485 e. The minimum Gasteiger partial charge on any atom is -0.485 e. The van der Waals surface area contributed by atoms with E-state index in [0.29, 0.717) is 18.2 Å². The number of pyridine rings is 1. The van der Waals surface area contributed by atoms with Gasteiger partial charge in [-0.15, -0.1) is 0 Å². The van der Waals surface area contributed by atoms with Gasteiger partial charge in [0, 0.05) is 12.7 Å². The van der Waals surface area contributed by atoms with Crippen LogP contribution in [0.3, 0.4) is 0 Å². The van der Waals surface area contributed by atoms with Crippen LogP contribution in [0, 0.1) is 0 Å². The number of nitrogens with one attached hydrogen (secondary N) is 1. The number of hydrogen-bond acceptors (Lipinski definition) is 4. The SMILES string of the molecule is CCNCCOc1ncccc1OC(C)C. The van der Waals surface area contributed by atoms with Gasteiger partial charge >= 0.3 is 0 Å². The van der Waals surface area contributed by atoms with E-state index in [-0.39, 0.29) is 6.10 Å². The van der Waals surface area contributed by atoms with E-state index >= 15 is 0 Å². The summed E-state index contributed by atoms with van der Waals surface area (Å²) >= 11 is 0. The molecule has 0 unspecified atom stereocenters. The minimum absolute atomic E-state index is 0.125. The van der Waals surface area contributed by atoms with E-state index in [1.165, 1.54) is 0 Å². The number of rotatable bonds is 7. The molecule has 1 aromatic heterocycles. The third-order valence-electron chi connectivity index (χ3n) is 1.87. The first-order valence-electron chi connectivity index (χ1n) is 5.69. The highest BCUT2D eigenvalue weighted by Gasteiger charge is 2.06. The summed E-state index contributed by atoms with van der Waals surface area (Å²) in [6.07, 6.45) is 1.83. The van der Waals surface area contributed by atoms with Gasteiger partial charge in [-0.1, -0.05) is 6.92 Å². The summed E-state index contributed by atoms with van der Waals surface area (Å²) in [6.45, 7) is 8.38. The van der Waals surface area contributed by atoms with Gasteiger partial charge in [0.15, 0.2) is 5.75 Å². The summed E-state index contributed by atoms with van der Waals surface area (Å²) in [4.78, 5) is 4.15. The summed E-state index contributed by atoms with van der Waals surface area (Å²) in [7, 11) is 0. The van der Waals surface area contributed by atoms with Crippen LogP contribution in [0.2, 0.25) is 0 Å². The molecule has 0 amide bonds. The number of likely N-dealkylation sites (N-methyl/N-ethyl adjacent to an activating group) is 1. The molecule has 4 heteroatoms. The average Bonchev–Trinajstić information content (AvgIpc) is 2.26. The normalized spacial score (nSPS) is 10.5. The molecule has 16 heavy (non-hydrogen) atoms. The maximum Gasteiger partial charge on any atom is 0.257 e. The van der Waals surface area contributed by atoms with Crippen molar-refractivity contribution in [3.05, 3.63) is 18.3 Å². The van der Waals surface area contributed by atoms with Crippen LogP contribution >= 0.6 is 0 Å². The fraction of sp³-hybridized carbons (Fsp3) is 0.583. The molecule has 1 N–H and O–H groups in total. The zero-order valence-corrected chi connectivity index (χ0v) is 10.2. The van der Waals surface area contributed by atoms with Crippen molar-refractivity contribution in [3.8, 4) is 11.6 Å². The van der Waals surface area contributed by atoms with Crippen LogP contribution in [0.5, 0.6) is 11.6 Å². The fourth-order valence-electron chi connectivity index (χ4n) is 1.22. The van der Waals surface area contributed by atoms with E-state index in [0.717, 1.165) is 13.1 Å². The molecule has 0 fully saturated rings. The number of nitrogens with zero attached hydrogens (tertiary/aromatic N) is 1.